The number of hydrogen-bond donors (Lipinski definition) is 1. The Balaban J connectivity index is 1.34. The summed E-state index contributed by atoms with van der Waals surface area (Å²) in [6.45, 7) is 5.94. The highest BCUT2D eigenvalue weighted by Gasteiger charge is 2.14. The summed E-state index contributed by atoms with van der Waals surface area (Å²) in [6, 6.07) is 25.4. The van der Waals surface area contributed by atoms with Crippen molar-refractivity contribution in [2.75, 3.05) is 58.8 Å². The Morgan fingerprint density at radius 1 is 0.816 bits per heavy atom. The van der Waals surface area contributed by atoms with E-state index in [1.165, 1.54) is 0 Å². The molecule has 1 saturated heterocycles. The van der Waals surface area contributed by atoms with Crippen molar-refractivity contribution in [1.82, 2.24) is 19.8 Å². The Labute approximate surface area is 229 Å². The molecule has 196 valence electrons. The molecule has 5 rings (SSSR count). The zero-order chi connectivity index (χ0) is 26.3. The molecule has 0 atom stereocenters. The Bertz CT molecular complexity index is 1340. The van der Waals surface area contributed by atoms with E-state index in [0.717, 1.165) is 72.4 Å². The molecule has 0 amide bonds. The number of benzene rings is 3. The highest BCUT2D eigenvalue weighted by Crippen LogP contribution is 2.29. The van der Waals surface area contributed by atoms with Crippen LogP contribution in [0.3, 0.4) is 0 Å². The lowest BCUT2D eigenvalue weighted by atomic mass is 10.1. The number of nitrogens with zero attached hydrogens (tertiary/aromatic N) is 4. The lowest BCUT2D eigenvalue weighted by Gasteiger charge is -2.32. The molecule has 4 aromatic rings. The second-order valence-corrected chi connectivity index (χ2v) is 9.78. The third-order valence-electron chi connectivity index (χ3n) is 6.61. The maximum atomic E-state index is 6.12. The number of aromatic nitrogens is 2. The van der Waals surface area contributed by atoms with Crippen molar-refractivity contribution >= 4 is 23.2 Å². The van der Waals surface area contributed by atoms with Crippen molar-refractivity contribution in [3.8, 4) is 34.0 Å². The average Bonchev–Trinajstić information content (AvgIpc) is 2.95. The van der Waals surface area contributed by atoms with Crippen LogP contribution in [0.25, 0.3) is 22.5 Å². The van der Waals surface area contributed by atoms with Gasteiger partial charge in [-0.2, -0.15) is 0 Å². The van der Waals surface area contributed by atoms with Crippen LogP contribution in [0, 0.1) is 0 Å². The van der Waals surface area contributed by atoms with E-state index in [1.807, 2.05) is 78.9 Å². The Hall–Kier alpha value is -3.65. The quantitative estimate of drug-likeness (QED) is 0.292. The van der Waals surface area contributed by atoms with Gasteiger partial charge in [-0.05, 0) is 61.6 Å². The summed E-state index contributed by atoms with van der Waals surface area (Å²) < 4.78 is 11.4. The van der Waals surface area contributed by atoms with Crippen LogP contribution in [0.1, 0.15) is 0 Å². The van der Waals surface area contributed by atoms with Crippen molar-refractivity contribution in [1.29, 1.82) is 0 Å². The zero-order valence-corrected chi connectivity index (χ0v) is 22.5. The molecule has 0 aliphatic carbocycles. The van der Waals surface area contributed by atoms with Crippen LogP contribution < -0.4 is 14.8 Å². The Kier molecular flexibility index (Phi) is 8.38. The van der Waals surface area contributed by atoms with Crippen molar-refractivity contribution in [2.24, 2.45) is 0 Å². The van der Waals surface area contributed by atoms with Crippen molar-refractivity contribution in [3.05, 3.63) is 83.9 Å². The largest absolute Gasteiger partial charge is 0.497 e. The van der Waals surface area contributed by atoms with E-state index in [1.54, 1.807) is 7.11 Å². The standard InChI is InChI=1S/C30H32ClN5O2/c1-35-14-16-36(17-15-35)18-19-38-27-5-3-4-25(20-27)32-30-33-28(22-6-10-24(31)11-7-22)21-29(34-30)23-8-12-26(37-2)13-9-23/h3-13,20-21H,14-19H2,1-2H3,(H,32,33,34). The van der Waals surface area contributed by atoms with Gasteiger partial charge in [-0.3, -0.25) is 4.90 Å². The fourth-order valence-electron chi connectivity index (χ4n) is 4.34. The molecule has 38 heavy (non-hydrogen) atoms. The normalized spacial score (nSPS) is 14.3. The van der Waals surface area contributed by atoms with Crippen LogP contribution in [-0.2, 0) is 0 Å². The first-order valence-corrected chi connectivity index (χ1v) is 13.1. The Morgan fingerprint density at radius 2 is 1.47 bits per heavy atom. The first-order valence-electron chi connectivity index (χ1n) is 12.8. The van der Waals surface area contributed by atoms with E-state index in [2.05, 4.69) is 22.2 Å². The van der Waals surface area contributed by atoms with E-state index in [4.69, 9.17) is 31.0 Å². The topological polar surface area (TPSA) is 62.8 Å². The fourth-order valence-corrected chi connectivity index (χ4v) is 4.46. The van der Waals surface area contributed by atoms with Gasteiger partial charge in [-0.15, -0.1) is 0 Å². The lowest BCUT2D eigenvalue weighted by Crippen LogP contribution is -2.45. The summed E-state index contributed by atoms with van der Waals surface area (Å²) in [7, 11) is 3.83. The van der Waals surface area contributed by atoms with E-state index in [9.17, 15) is 0 Å². The number of ether oxygens (including phenoxy) is 2. The molecule has 0 unspecified atom stereocenters. The smallest absolute Gasteiger partial charge is 0.228 e. The monoisotopic (exact) mass is 529 g/mol. The number of anilines is 2. The van der Waals surface area contributed by atoms with Gasteiger partial charge < -0.3 is 19.7 Å². The van der Waals surface area contributed by atoms with Crippen LogP contribution in [0.15, 0.2) is 78.9 Å². The fraction of sp³-hybridized carbons (Fsp3) is 0.267. The third kappa shape index (κ3) is 6.81. The predicted octanol–water partition coefficient (Wildman–Crippen LogP) is 5.84. The third-order valence-corrected chi connectivity index (χ3v) is 6.87. The highest BCUT2D eigenvalue weighted by atomic mass is 35.5. The van der Waals surface area contributed by atoms with E-state index < -0.39 is 0 Å². The summed E-state index contributed by atoms with van der Waals surface area (Å²) in [5.41, 5.74) is 4.37. The van der Waals surface area contributed by atoms with Crippen LogP contribution in [0.2, 0.25) is 5.02 Å². The minimum Gasteiger partial charge on any atom is -0.497 e. The van der Waals surface area contributed by atoms with Gasteiger partial charge in [0.2, 0.25) is 5.95 Å². The van der Waals surface area contributed by atoms with E-state index in [-0.39, 0.29) is 0 Å². The van der Waals surface area contributed by atoms with Crippen molar-refractivity contribution < 1.29 is 9.47 Å². The molecule has 3 aromatic carbocycles. The van der Waals surface area contributed by atoms with Crippen molar-refractivity contribution in [3.63, 3.8) is 0 Å². The van der Waals surface area contributed by atoms with E-state index in [0.29, 0.717) is 17.6 Å². The molecular formula is C30H32ClN5O2. The summed E-state index contributed by atoms with van der Waals surface area (Å²) in [5, 5.41) is 4.06. The summed E-state index contributed by atoms with van der Waals surface area (Å²) in [6.07, 6.45) is 0. The number of nitrogens with one attached hydrogen (secondary N) is 1. The van der Waals surface area contributed by atoms with Crippen LogP contribution >= 0.6 is 11.6 Å². The summed E-state index contributed by atoms with van der Waals surface area (Å²) >= 11 is 6.12. The molecule has 0 radical (unpaired) electrons. The second-order valence-electron chi connectivity index (χ2n) is 9.34. The molecule has 7 nitrogen and oxygen atoms in total. The molecule has 0 saturated carbocycles. The number of halogens is 1. The summed E-state index contributed by atoms with van der Waals surface area (Å²) in [5.74, 6) is 2.11. The maximum Gasteiger partial charge on any atom is 0.228 e. The van der Waals surface area contributed by atoms with Crippen LogP contribution in [0.4, 0.5) is 11.6 Å². The lowest BCUT2D eigenvalue weighted by molar-refractivity contribution is 0.134. The van der Waals surface area contributed by atoms with Gasteiger partial charge in [-0.1, -0.05) is 29.8 Å². The number of methoxy groups -OCH3 is 1. The predicted molar refractivity (Wildman–Crippen MR) is 154 cm³/mol. The SMILES string of the molecule is COc1ccc(-c2cc(-c3ccc(Cl)cc3)nc(Nc3cccc(OCCN4CCN(C)CC4)c3)n2)cc1. The molecule has 1 N–H and O–H groups in total. The zero-order valence-electron chi connectivity index (χ0n) is 21.7. The highest BCUT2D eigenvalue weighted by molar-refractivity contribution is 6.30. The molecule has 2 heterocycles. The first-order chi connectivity index (χ1) is 18.6. The minimum atomic E-state index is 0.498. The first kappa shape index (κ1) is 26.0. The molecule has 1 fully saturated rings. The van der Waals surface area contributed by atoms with Gasteiger partial charge >= 0.3 is 0 Å². The van der Waals surface area contributed by atoms with Gasteiger partial charge in [0.1, 0.15) is 18.1 Å². The molecule has 1 aliphatic rings. The summed E-state index contributed by atoms with van der Waals surface area (Å²) in [4.78, 5) is 14.4. The van der Waals surface area contributed by atoms with Gasteiger partial charge in [0.05, 0.1) is 18.5 Å². The number of piperazine rings is 1. The molecule has 1 aliphatic heterocycles. The molecular weight excluding hydrogens is 498 g/mol. The average molecular weight is 530 g/mol. The number of rotatable bonds is 9. The molecule has 8 heteroatoms. The maximum absolute atomic E-state index is 6.12. The molecule has 0 bridgehead atoms. The van der Waals surface area contributed by atoms with Gasteiger partial charge in [-0.25, -0.2) is 9.97 Å². The van der Waals surface area contributed by atoms with Gasteiger partial charge in [0, 0.05) is 60.6 Å². The minimum absolute atomic E-state index is 0.498. The second kappa shape index (κ2) is 12.3. The van der Waals surface area contributed by atoms with Crippen LogP contribution in [0.5, 0.6) is 11.5 Å². The van der Waals surface area contributed by atoms with Crippen molar-refractivity contribution in [2.45, 2.75) is 0 Å². The number of likely N-dealkylation sites (N-methyl/N-ethyl adjacent to an activating group) is 1. The Morgan fingerprint density at radius 3 is 2.13 bits per heavy atom. The molecule has 1 aromatic heterocycles. The molecule has 0 spiro atoms. The number of hydrogen-bond acceptors (Lipinski definition) is 7. The van der Waals surface area contributed by atoms with Crippen LogP contribution in [-0.4, -0.2) is 73.3 Å². The van der Waals surface area contributed by atoms with E-state index >= 15 is 0 Å². The van der Waals surface area contributed by atoms with Gasteiger partial charge in [0.15, 0.2) is 0 Å². The van der Waals surface area contributed by atoms with Gasteiger partial charge in [0.25, 0.3) is 0 Å².